The summed E-state index contributed by atoms with van der Waals surface area (Å²) in [5, 5.41) is 13.0. The second-order valence-corrected chi connectivity index (χ2v) is 4.56. The lowest BCUT2D eigenvalue weighted by Gasteiger charge is -2.05. The van der Waals surface area contributed by atoms with Crippen molar-refractivity contribution in [1.29, 1.82) is 0 Å². The van der Waals surface area contributed by atoms with Crippen molar-refractivity contribution in [3.63, 3.8) is 0 Å². The lowest BCUT2D eigenvalue weighted by molar-refractivity contribution is -0.387. The van der Waals surface area contributed by atoms with Crippen LogP contribution in [0.2, 0.25) is 0 Å². The molecule has 0 spiro atoms. The summed E-state index contributed by atoms with van der Waals surface area (Å²) in [4.78, 5) is 25.4. The van der Waals surface area contributed by atoms with E-state index >= 15 is 0 Å². The van der Waals surface area contributed by atoms with Gasteiger partial charge in [0.2, 0.25) is 5.82 Å². The van der Waals surface area contributed by atoms with E-state index in [-0.39, 0.29) is 5.56 Å². The summed E-state index contributed by atoms with van der Waals surface area (Å²) >= 11 is 3.15. The summed E-state index contributed by atoms with van der Waals surface area (Å²) in [7, 11) is 0. The van der Waals surface area contributed by atoms with E-state index in [0.29, 0.717) is 10.3 Å². The van der Waals surface area contributed by atoms with Crippen molar-refractivity contribution in [2.45, 2.75) is 0 Å². The molecule has 2 rings (SSSR count). The van der Waals surface area contributed by atoms with E-state index < -0.39 is 22.3 Å². The second-order valence-electron chi connectivity index (χ2n) is 3.75. The number of nitro benzene ring substituents is 1. The Morgan fingerprint density at radius 2 is 2.10 bits per heavy atom. The van der Waals surface area contributed by atoms with E-state index in [1.54, 1.807) is 12.1 Å². The zero-order valence-corrected chi connectivity index (χ0v) is 11.4. The molecule has 1 heterocycles. The van der Waals surface area contributed by atoms with E-state index in [4.69, 9.17) is 0 Å². The Bertz CT molecular complexity index is 676. The van der Waals surface area contributed by atoms with Crippen molar-refractivity contribution in [1.82, 2.24) is 4.98 Å². The highest BCUT2D eigenvalue weighted by Crippen LogP contribution is 2.19. The number of rotatable bonds is 3. The van der Waals surface area contributed by atoms with Gasteiger partial charge in [0.1, 0.15) is 4.60 Å². The van der Waals surface area contributed by atoms with Gasteiger partial charge in [-0.2, -0.15) is 4.39 Å². The third-order valence-corrected chi connectivity index (χ3v) is 2.86. The largest absolute Gasteiger partial charge is 0.321 e. The molecular formula is C12H7BrFN3O3. The van der Waals surface area contributed by atoms with Crippen molar-refractivity contribution in [3.05, 3.63) is 62.6 Å². The smallest absolute Gasteiger partial charge is 0.304 e. The number of benzene rings is 1. The van der Waals surface area contributed by atoms with E-state index in [2.05, 4.69) is 26.2 Å². The maximum absolute atomic E-state index is 13.4. The normalized spacial score (nSPS) is 10.1. The first kappa shape index (κ1) is 14.1. The van der Waals surface area contributed by atoms with E-state index in [9.17, 15) is 19.3 Å². The average molecular weight is 340 g/mol. The third-order valence-electron chi connectivity index (χ3n) is 2.39. The molecule has 20 heavy (non-hydrogen) atoms. The summed E-state index contributed by atoms with van der Waals surface area (Å²) < 4.78 is 14.0. The van der Waals surface area contributed by atoms with Crippen molar-refractivity contribution in [2.75, 3.05) is 5.32 Å². The van der Waals surface area contributed by atoms with Gasteiger partial charge in [0.15, 0.2) is 0 Å². The Morgan fingerprint density at radius 3 is 2.65 bits per heavy atom. The Kier molecular flexibility index (Phi) is 4.04. The first-order valence-corrected chi connectivity index (χ1v) is 6.13. The van der Waals surface area contributed by atoms with Crippen LogP contribution in [0, 0.1) is 15.9 Å². The van der Waals surface area contributed by atoms with Gasteiger partial charge in [-0.05, 0) is 40.2 Å². The van der Waals surface area contributed by atoms with Crippen molar-refractivity contribution in [2.24, 2.45) is 0 Å². The van der Waals surface area contributed by atoms with Crippen LogP contribution in [0.15, 0.2) is 41.1 Å². The molecule has 6 nitrogen and oxygen atoms in total. The molecule has 0 aliphatic heterocycles. The molecule has 8 heteroatoms. The number of halogens is 2. The SMILES string of the molecule is O=C(Nc1ccc(Br)nc1)c1ccc([N+](=O)[O-])c(F)c1. The zero-order valence-electron chi connectivity index (χ0n) is 9.84. The Morgan fingerprint density at radius 1 is 1.35 bits per heavy atom. The predicted octanol–water partition coefficient (Wildman–Crippen LogP) is 3.14. The van der Waals surface area contributed by atoms with Gasteiger partial charge in [0.25, 0.3) is 5.91 Å². The molecule has 102 valence electrons. The Labute approximate surface area is 120 Å². The molecule has 0 bridgehead atoms. The van der Waals surface area contributed by atoms with E-state index in [0.717, 1.165) is 12.1 Å². The Balaban J connectivity index is 2.19. The van der Waals surface area contributed by atoms with Crippen LogP contribution in [0.4, 0.5) is 15.8 Å². The lowest BCUT2D eigenvalue weighted by atomic mass is 10.2. The van der Waals surface area contributed by atoms with Gasteiger partial charge in [-0.25, -0.2) is 4.98 Å². The molecule has 1 aromatic heterocycles. The van der Waals surface area contributed by atoms with Crippen LogP contribution in [0.25, 0.3) is 0 Å². The summed E-state index contributed by atoms with van der Waals surface area (Å²) in [6.07, 6.45) is 1.42. The van der Waals surface area contributed by atoms with Crippen LogP contribution in [-0.2, 0) is 0 Å². The molecule has 0 fully saturated rings. The monoisotopic (exact) mass is 339 g/mol. The standard InChI is InChI=1S/C12H7BrFN3O3/c13-11-4-2-8(6-15-11)16-12(18)7-1-3-10(17(19)20)9(14)5-7/h1-6H,(H,16,18). The van der Waals surface area contributed by atoms with E-state index in [1.165, 1.54) is 12.3 Å². The quantitative estimate of drug-likeness (QED) is 0.528. The van der Waals surface area contributed by atoms with Crippen LogP contribution in [-0.4, -0.2) is 15.8 Å². The number of nitrogens with one attached hydrogen (secondary N) is 1. The molecule has 0 radical (unpaired) electrons. The number of anilines is 1. The fourth-order valence-corrected chi connectivity index (χ4v) is 1.68. The van der Waals surface area contributed by atoms with E-state index in [1.807, 2.05) is 0 Å². The molecule has 0 saturated carbocycles. The number of nitro groups is 1. The van der Waals surface area contributed by atoms with Crippen LogP contribution in [0.3, 0.4) is 0 Å². The molecule has 1 aromatic carbocycles. The maximum atomic E-state index is 13.4. The van der Waals surface area contributed by atoms with Gasteiger partial charge in [-0.3, -0.25) is 14.9 Å². The molecule has 1 amide bonds. The number of carbonyl (C=O) groups excluding carboxylic acids is 1. The number of carbonyl (C=O) groups is 1. The summed E-state index contributed by atoms with van der Waals surface area (Å²) in [5.74, 6) is -1.64. The topological polar surface area (TPSA) is 85.1 Å². The molecule has 0 unspecified atom stereocenters. The number of amides is 1. The summed E-state index contributed by atoms with van der Waals surface area (Å²) in [6, 6.07) is 6.19. The highest BCUT2D eigenvalue weighted by molar-refractivity contribution is 9.10. The first-order valence-electron chi connectivity index (χ1n) is 5.34. The molecular weight excluding hydrogens is 333 g/mol. The van der Waals surface area contributed by atoms with Gasteiger partial charge < -0.3 is 5.32 Å². The Hall–Kier alpha value is -2.35. The number of nitrogens with zero attached hydrogens (tertiary/aromatic N) is 2. The van der Waals surface area contributed by atoms with Crippen LogP contribution >= 0.6 is 15.9 Å². The molecule has 0 aliphatic rings. The van der Waals surface area contributed by atoms with Gasteiger partial charge in [0, 0.05) is 11.6 Å². The van der Waals surface area contributed by atoms with Crippen LogP contribution < -0.4 is 5.32 Å². The minimum atomic E-state index is -1.06. The average Bonchev–Trinajstić information content (AvgIpc) is 2.40. The maximum Gasteiger partial charge on any atom is 0.304 e. The van der Waals surface area contributed by atoms with Gasteiger partial charge >= 0.3 is 5.69 Å². The van der Waals surface area contributed by atoms with Crippen molar-refractivity contribution in [3.8, 4) is 0 Å². The minimum absolute atomic E-state index is 0.0176. The van der Waals surface area contributed by atoms with Gasteiger partial charge in [-0.1, -0.05) is 0 Å². The van der Waals surface area contributed by atoms with Crippen LogP contribution in [0.5, 0.6) is 0 Å². The van der Waals surface area contributed by atoms with Gasteiger partial charge in [-0.15, -0.1) is 0 Å². The fraction of sp³-hybridized carbons (Fsp3) is 0. The molecule has 0 saturated heterocycles. The van der Waals surface area contributed by atoms with Crippen molar-refractivity contribution >= 4 is 33.2 Å². The molecule has 0 atom stereocenters. The van der Waals surface area contributed by atoms with Crippen molar-refractivity contribution < 1.29 is 14.1 Å². The summed E-state index contributed by atoms with van der Waals surface area (Å²) in [5.41, 5.74) is -0.264. The molecule has 0 aliphatic carbocycles. The highest BCUT2D eigenvalue weighted by Gasteiger charge is 2.16. The third kappa shape index (κ3) is 3.15. The summed E-state index contributed by atoms with van der Waals surface area (Å²) in [6.45, 7) is 0. The molecule has 2 aromatic rings. The lowest BCUT2D eigenvalue weighted by Crippen LogP contribution is -2.12. The molecule has 1 N–H and O–H groups in total. The fourth-order valence-electron chi connectivity index (χ4n) is 1.45. The van der Waals surface area contributed by atoms with Gasteiger partial charge in [0.05, 0.1) is 16.8 Å². The predicted molar refractivity (Wildman–Crippen MR) is 72.9 cm³/mol. The number of hydrogen-bond acceptors (Lipinski definition) is 4. The van der Waals surface area contributed by atoms with Crippen LogP contribution in [0.1, 0.15) is 10.4 Å². The zero-order chi connectivity index (χ0) is 14.7. The number of aromatic nitrogens is 1. The first-order chi connectivity index (χ1) is 9.47. The highest BCUT2D eigenvalue weighted by atomic mass is 79.9. The second kappa shape index (κ2) is 5.74. The minimum Gasteiger partial charge on any atom is -0.321 e. The number of pyridine rings is 1. The number of hydrogen-bond donors (Lipinski definition) is 1.